The first-order valence-electron chi connectivity index (χ1n) is 7.18. The third kappa shape index (κ3) is 3.79. The van der Waals surface area contributed by atoms with Crippen LogP contribution in [-0.2, 0) is 4.79 Å². The maximum atomic E-state index is 12.1. The number of aryl methyl sites for hydroxylation is 1. The average Bonchev–Trinajstić information content (AvgIpc) is 3.26. The lowest BCUT2D eigenvalue weighted by atomic mass is 10.0. The van der Waals surface area contributed by atoms with Crippen LogP contribution in [0.15, 0.2) is 41.8 Å². The first kappa shape index (κ1) is 14.0. The van der Waals surface area contributed by atoms with Crippen molar-refractivity contribution < 1.29 is 4.79 Å². The van der Waals surface area contributed by atoms with Crippen molar-refractivity contribution in [2.24, 2.45) is 5.92 Å². The van der Waals surface area contributed by atoms with Crippen molar-refractivity contribution in [1.29, 1.82) is 0 Å². The lowest BCUT2D eigenvalue weighted by Gasteiger charge is -2.17. The van der Waals surface area contributed by atoms with Crippen molar-refractivity contribution in [3.63, 3.8) is 0 Å². The molecule has 1 heterocycles. The topological polar surface area (TPSA) is 42.0 Å². The van der Waals surface area contributed by atoms with Gasteiger partial charge in [-0.25, -0.2) is 4.98 Å². The maximum Gasteiger partial charge on any atom is 0.244 e. The molecule has 1 aliphatic rings. The van der Waals surface area contributed by atoms with Gasteiger partial charge in [-0.3, -0.25) is 4.79 Å². The normalized spacial score (nSPS) is 16.0. The van der Waals surface area contributed by atoms with Gasteiger partial charge >= 0.3 is 0 Å². The van der Waals surface area contributed by atoms with E-state index >= 15 is 0 Å². The van der Waals surface area contributed by atoms with Crippen LogP contribution in [0.3, 0.4) is 0 Å². The third-order valence-electron chi connectivity index (χ3n) is 3.59. The zero-order chi connectivity index (χ0) is 14.7. The minimum Gasteiger partial charge on any atom is -0.345 e. The lowest BCUT2D eigenvalue weighted by Crippen LogP contribution is -2.28. The second-order valence-electron chi connectivity index (χ2n) is 5.36. The molecule has 4 heteroatoms. The average molecular weight is 298 g/mol. The maximum absolute atomic E-state index is 12.1. The number of hydrogen-bond donors (Lipinski definition) is 1. The Hall–Kier alpha value is -1.94. The molecule has 0 aliphatic heterocycles. The van der Waals surface area contributed by atoms with Gasteiger partial charge in [-0.2, -0.15) is 0 Å². The van der Waals surface area contributed by atoms with Crippen molar-refractivity contribution >= 4 is 23.3 Å². The van der Waals surface area contributed by atoms with Gasteiger partial charge in [0.25, 0.3) is 0 Å². The fraction of sp³-hybridized carbons (Fsp3) is 0.294. The van der Waals surface area contributed by atoms with E-state index in [1.165, 1.54) is 18.4 Å². The number of aromatic nitrogens is 1. The summed E-state index contributed by atoms with van der Waals surface area (Å²) in [6.45, 7) is 1.96. The number of amides is 1. The number of rotatable bonds is 5. The summed E-state index contributed by atoms with van der Waals surface area (Å²) in [6.07, 6.45) is 5.73. The van der Waals surface area contributed by atoms with Gasteiger partial charge in [0, 0.05) is 11.5 Å². The molecule has 0 saturated heterocycles. The standard InChI is InChI=1S/C17H18N2OS/c1-12-18-15(11-21-12)9-10-16(20)19-17(14-7-8-14)13-5-3-2-4-6-13/h2-6,9-11,14,17H,7-8H2,1H3,(H,19,20)/b10-9+. The monoisotopic (exact) mass is 298 g/mol. The molecule has 1 N–H and O–H groups in total. The molecule has 1 atom stereocenters. The molecule has 108 valence electrons. The Bertz CT molecular complexity index is 644. The summed E-state index contributed by atoms with van der Waals surface area (Å²) in [5.41, 5.74) is 2.03. The van der Waals surface area contributed by atoms with Crippen LogP contribution in [0, 0.1) is 12.8 Å². The highest BCUT2D eigenvalue weighted by Crippen LogP contribution is 2.40. The smallest absolute Gasteiger partial charge is 0.244 e. The Balaban J connectivity index is 1.66. The highest BCUT2D eigenvalue weighted by Gasteiger charge is 2.32. The predicted molar refractivity (Wildman–Crippen MR) is 85.9 cm³/mol. The largest absolute Gasteiger partial charge is 0.345 e. The number of nitrogens with one attached hydrogen (secondary N) is 1. The molecule has 1 unspecified atom stereocenters. The number of carbonyl (C=O) groups excluding carboxylic acids is 1. The minimum absolute atomic E-state index is 0.0543. The van der Waals surface area contributed by atoms with E-state index in [-0.39, 0.29) is 11.9 Å². The van der Waals surface area contributed by atoms with Crippen LogP contribution in [0.4, 0.5) is 0 Å². The molecule has 1 fully saturated rings. The summed E-state index contributed by atoms with van der Waals surface area (Å²) < 4.78 is 0. The highest BCUT2D eigenvalue weighted by molar-refractivity contribution is 7.09. The fourth-order valence-corrected chi connectivity index (χ4v) is 2.96. The Kier molecular flexibility index (Phi) is 4.15. The second kappa shape index (κ2) is 6.22. The zero-order valence-electron chi connectivity index (χ0n) is 12.0. The van der Waals surface area contributed by atoms with Crippen molar-refractivity contribution in [3.8, 4) is 0 Å². The highest BCUT2D eigenvalue weighted by atomic mass is 32.1. The first-order valence-corrected chi connectivity index (χ1v) is 8.06. The van der Waals surface area contributed by atoms with Gasteiger partial charge in [-0.15, -0.1) is 11.3 Å². The third-order valence-corrected chi connectivity index (χ3v) is 4.38. The Morgan fingerprint density at radius 2 is 2.14 bits per heavy atom. The van der Waals surface area contributed by atoms with E-state index in [2.05, 4.69) is 22.4 Å². The minimum atomic E-state index is -0.0543. The van der Waals surface area contributed by atoms with E-state index in [0.29, 0.717) is 5.92 Å². The molecule has 2 aromatic rings. The summed E-state index contributed by atoms with van der Waals surface area (Å²) >= 11 is 1.59. The number of hydrogen-bond acceptors (Lipinski definition) is 3. The van der Waals surface area contributed by atoms with Crippen molar-refractivity contribution in [2.45, 2.75) is 25.8 Å². The molecule has 1 aliphatic carbocycles. The van der Waals surface area contributed by atoms with Crippen molar-refractivity contribution in [1.82, 2.24) is 10.3 Å². The second-order valence-corrected chi connectivity index (χ2v) is 6.42. The molecule has 0 spiro atoms. The van der Waals surface area contributed by atoms with E-state index in [1.807, 2.05) is 30.5 Å². The van der Waals surface area contributed by atoms with Crippen LogP contribution in [0.2, 0.25) is 0 Å². The Labute approximate surface area is 128 Å². The molecule has 21 heavy (non-hydrogen) atoms. The molecule has 0 bridgehead atoms. The molecule has 1 aromatic heterocycles. The summed E-state index contributed by atoms with van der Waals surface area (Å²) in [7, 11) is 0. The summed E-state index contributed by atoms with van der Waals surface area (Å²) in [5.74, 6) is 0.521. The summed E-state index contributed by atoms with van der Waals surface area (Å²) in [4.78, 5) is 16.4. The van der Waals surface area contributed by atoms with E-state index in [1.54, 1.807) is 23.5 Å². The molecular formula is C17H18N2OS. The molecular weight excluding hydrogens is 280 g/mol. The van der Waals surface area contributed by atoms with Gasteiger partial charge in [0.2, 0.25) is 5.91 Å². The fourth-order valence-electron chi connectivity index (χ4n) is 2.38. The zero-order valence-corrected chi connectivity index (χ0v) is 12.8. The summed E-state index contributed by atoms with van der Waals surface area (Å²) in [5, 5.41) is 6.08. The Morgan fingerprint density at radius 3 is 2.76 bits per heavy atom. The van der Waals surface area contributed by atoms with Gasteiger partial charge in [0.1, 0.15) is 0 Å². The van der Waals surface area contributed by atoms with Crippen molar-refractivity contribution in [2.75, 3.05) is 0 Å². The van der Waals surface area contributed by atoms with Crippen LogP contribution in [0.5, 0.6) is 0 Å². The van der Waals surface area contributed by atoms with Gasteiger partial charge in [-0.05, 0) is 37.3 Å². The molecule has 3 rings (SSSR count). The van der Waals surface area contributed by atoms with E-state index in [0.717, 1.165) is 10.7 Å². The molecule has 0 radical (unpaired) electrons. The lowest BCUT2D eigenvalue weighted by molar-refractivity contribution is -0.117. The predicted octanol–water partition coefficient (Wildman–Crippen LogP) is 3.73. The molecule has 1 amide bonds. The number of benzene rings is 1. The van der Waals surface area contributed by atoms with E-state index < -0.39 is 0 Å². The van der Waals surface area contributed by atoms with E-state index in [9.17, 15) is 4.79 Å². The molecule has 3 nitrogen and oxygen atoms in total. The van der Waals surface area contributed by atoms with Crippen LogP contribution in [0.25, 0.3) is 6.08 Å². The van der Waals surface area contributed by atoms with Gasteiger partial charge < -0.3 is 5.32 Å². The SMILES string of the molecule is Cc1nc(/C=C/C(=O)NC(c2ccccc2)C2CC2)cs1. The molecule has 1 saturated carbocycles. The van der Waals surface area contributed by atoms with Gasteiger partial charge in [0.15, 0.2) is 0 Å². The van der Waals surface area contributed by atoms with Crippen LogP contribution < -0.4 is 5.32 Å². The summed E-state index contributed by atoms with van der Waals surface area (Å²) in [6, 6.07) is 10.3. The quantitative estimate of drug-likeness (QED) is 0.855. The van der Waals surface area contributed by atoms with Crippen LogP contribution in [-0.4, -0.2) is 10.9 Å². The van der Waals surface area contributed by atoms with Gasteiger partial charge in [0.05, 0.1) is 16.7 Å². The molecule has 1 aromatic carbocycles. The van der Waals surface area contributed by atoms with E-state index in [4.69, 9.17) is 0 Å². The number of nitrogens with zero attached hydrogens (tertiary/aromatic N) is 1. The number of carbonyl (C=O) groups is 1. The van der Waals surface area contributed by atoms with Gasteiger partial charge in [-0.1, -0.05) is 30.3 Å². The van der Waals surface area contributed by atoms with Crippen LogP contribution >= 0.6 is 11.3 Å². The Morgan fingerprint density at radius 1 is 1.38 bits per heavy atom. The first-order chi connectivity index (χ1) is 10.2. The van der Waals surface area contributed by atoms with Crippen molar-refractivity contribution in [3.05, 3.63) is 58.1 Å². The number of thiazole rings is 1. The van der Waals surface area contributed by atoms with Crippen LogP contribution in [0.1, 0.15) is 35.1 Å².